The number of aromatic hydroxyl groups is 1. The van der Waals surface area contributed by atoms with Gasteiger partial charge in [-0.05, 0) is 43.2 Å². The second-order valence-corrected chi connectivity index (χ2v) is 4.96. The lowest BCUT2D eigenvalue weighted by Crippen LogP contribution is -2.32. The number of carbonyl (C=O) groups is 2. The molecule has 0 radical (unpaired) electrons. The van der Waals surface area contributed by atoms with Crippen molar-refractivity contribution in [2.45, 2.75) is 13.8 Å². The fraction of sp³-hybridized carbons (Fsp3) is 0.118. The normalized spacial score (nSPS) is 10.5. The fourth-order valence-corrected chi connectivity index (χ4v) is 1.87. The van der Waals surface area contributed by atoms with Crippen LogP contribution in [-0.4, -0.2) is 23.1 Å². The summed E-state index contributed by atoms with van der Waals surface area (Å²) in [6, 6.07) is 11.9. The number of carbonyl (C=O) groups excluding carboxylic acids is 2. The van der Waals surface area contributed by atoms with Gasteiger partial charge in [-0.3, -0.25) is 9.59 Å². The second-order valence-electron chi connectivity index (χ2n) is 4.96. The molecule has 0 aliphatic heterocycles. The van der Waals surface area contributed by atoms with Crippen LogP contribution in [0.3, 0.4) is 0 Å². The highest BCUT2D eigenvalue weighted by molar-refractivity contribution is 6.39. The van der Waals surface area contributed by atoms with E-state index in [1.165, 1.54) is 12.3 Å². The van der Waals surface area contributed by atoms with Crippen LogP contribution in [-0.2, 0) is 9.59 Å². The van der Waals surface area contributed by atoms with Gasteiger partial charge in [-0.1, -0.05) is 24.3 Å². The monoisotopic (exact) mass is 311 g/mol. The maximum Gasteiger partial charge on any atom is 0.329 e. The van der Waals surface area contributed by atoms with Crippen LogP contribution in [0.25, 0.3) is 0 Å². The number of anilines is 1. The Balaban J connectivity index is 1.97. The van der Waals surface area contributed by atoms with Gasteiger partial charge in [0, 0.05) is 11.3 Å². The molecule has 6 heteroatoms. The molecular weight excluding hydrogens is 294 g/mol. The summed E-state index contributed by atoms with van der Waals surface area (Å²) in [7, 11) is 0. The lowest BCUT2D eigenvalue weighted by atomic mass is 10.1. The van der Waals surface area contributed by atoms with E-state index in [0.29, 0.717) is 11.3 Å². The van der Waals surface area contributed by atoms with Crippen LogP contribution in [0, 0.1) is 13.8 Å². The first-order valence-electron chi connectivity index (χ1n) is 6.97. The van der Waals surface area contributed by atoms with Gasteiger partial charge >= 0.3 is 11.8 Å². The topological polar surface area (TPSA) is 90.8 Å². The Labute approximate surface area is 133 Å². The summed E-state index contributed by atoms with van der Waals surface area (Å²) in [5.74, 6) is -1.67. The summed E-state index contributed by atoms with van der Waals surface area (Å²) in [6.45, 7) is 3.78. The number of hydrogen-bond donors (Lipinski definition) is 3. The van der Waals surface area contributed by atoms with E-state index in [9.17, 15) is 14.7 Å². The first-order valence-corrected chi connectivity index (χ1v) is 6.97. The molecule has 2 aromatic carbocycles. The predicted molar refractivity (Wildman–Crippen MR) is 88.4 cm³/mol. The smallest absolute Gasteiger partial charge is 0.329 e. The number of phenols is 1. The van der Waals surface area contributed by atoms with Gasteiger partial charge in [-0.2, -0.15) is 5.10 Å². The van der Waals surface area contributed by atoms with Crippen LogP contribution in [0.4, 0.5) is 5.69 Å². The van der Waals surface area contributed by atoms with Gasteiger partial charge < -0.3 is 10.4 Å². The summed E-state index contributed by atoms with van der Waals surface area (Å²) in [5, 5.41) is 15.7. The first kappa shape index (κ1) is 16.2. The number of nitrogens with zero attached hydrogens (tertiary/aromatic N) is 1. The third-order valence-corrected chi connectivity index (χ3v) is 3.37. The van der Waals surface area contributed by atoms with Gasteiger partial charge in [0.25, 0.3) is 0 Å². The van der Waals surface area contributed by atoms with Crippen LogP contribution in [0.15, 0.2) is 47.6 Å². The highest BCUT2D eigenvalue weighted by atomic mass is 16.3. The molecule has 0 spiro atoms. The quantitative estimate of drug-likeness (QED) is 0.460. The number of hydrogen-bond acceptors (Lipinski definition) is 4. The van der Waals surface area contributed by atoms with E-state index in [2.05, 4.69) is 15.8 Å². The van der Waals surface area contributed by atoms with Crippen molar-refractivity contribution in [2.75, 3.05) is 5.32 Å². The highest BCUT2D eigenvalue weighted by Gasteiger charge is 2.14. The minimum atomic E-state index is -0.891. The molecule has 0 unspecified atom stereocenters. The summed E-state index contributed by atoms with van der Waals surface area (Å²) in [4.78, 5) is 23.6. The van der Waals surface area contributed by atoms with Crippen LogP contribution in [0.1, 0.15) is 16.7 Å². The molecule has 0 atom stereocenters. The van der Waals surface area contributed by atoms with Crippen molar-refractivity contribution in [2.24, 2.45) is 5.10 Å². The number of aryl methyl sites for hydroxylation is 1. The molecule has 0 aliphatic carbocycles. The number of phenolic OH excluding ortho intramolecular Hbond substituents is 1. The summed E-state index contributed by atoms with van der Waals surface area (Å²) in [5.41, 5.74) is 5.04. The lowest BCUT2D eigenvalue weighted by molar-refractivity contribution is -0.136. The number of rotatable bonds is 3. The standard InChI is InChI=1S/C17H17N3O3/c1-11-6-5-8-14(12(11)2)19-16(22)17(23)20-18-10-13-7-3-4-9-15(13)21/h3-10,21H,1-2H3,(H,19,22)(H,20,23). The van der Waals surface area contributed by atoms with E-state index in [1.807, 2.05) is 19.9 Å². The van der Waals surface area contributed by atoms with Crippen LogP contribution in [0.2, 0.25) is 0 Å². The molecule has 3 N–H and O–H groups in total. The van der Waals surface area contributed by atoms with E-state index >= 15 is 0 Å². The molecule has 6 nitrogen and oxygen atoms in total. The summed E-state index contributed by atoms with van der Waals surface area (Å²) >= 11 is 0. The van der Waals surface area contributed by atoms with E-state index in [0.717, 1.165) is 11.1 Å². The Morgan fingerprint density at radius 2 is 1.78 bits per heavy atom. The van der Waals surface area contributed by atoms with Crippen molar-refractivity contribution in [1.29, 1.82) is 0 Å². The molecule has 0 aromatic heterocycles. The van der Waals surface area contributed by atoms with E-state index < -0.39 is 11.8 Å². The minimum absolute atomic E-state index is 0.0327. The van der Waals surface area contributed by atoms with Crippen LogP contribution in [0.5, 0.6) is 5.75 Å². The van der Waals surface area contributed by atoms with Gasteiger partial charge in [-0.15, -0.1) is 0 Å². The largest absolute Gasteiger partial charge is 0.507 e. The Kier molecular flexibility index (Phi) is 5.09. The van der Waals surface area contributed by atoms with Crippen molar-refractivity contribution in [3.63, 3.8) is 0 Å². The Morgan fingerprint density at radius 1 is 1.04 bits per heavy atom. The summed E-state index contributed by atoms with van der Waals surface area (Å²) in [6.07, 6.45) is 1.26. The average Bonchev–Trinajstić information content (AvgIpc) is 2.53. The molecule has 0 bridgehead atoms. The van der Waals surface area contributed by atoms with E-state index in [4.69, 9.17) is 0 Å². The molecule has 23 heavy (non-hydrogen) atoms. The lowest BCUT2D eigenvalue weighted by Gasteiger charge is -2.09. The zero-order valence-corrected chi connectivity index (χ0v) is 12.8. The Bertz CT molecular complexity index is 769. The highest BCUT2D eigenvalue weighted by Crippen LogP contribution is 2.17. The van der Waals surface area contributed by atoms with Gasteiger partial charge in [0.1, 0.15) is 5.75 Å². The molecule has 0 saturated carbocycles. The summed E-state index contributed by atoms with van der Waals surface area (Å²) < 4.78 is 0. The molecule has 0 aliphatic rings. The molecule has 118 valence electrons. The fourth-order valence-electron chi connectivity index (χ4n) is 1.87. The number of hydrazone groups is 1. The van der Waals surface area contributed by atoms with Crippen LogP contribution >= 0.6 is 0 Å². The van der Waals surface area contributed by atoms with Crippen molar-refractivity contribution >= 4 is 23.7 Å². The predicted octanol–water partition coefficient (Wildman–Crippen LogP) is 2.10. The van der Waals surface area contributed by atoms with Crippen molar-refractivity contribution in [3.05, 3.63) is 59.2 Å². The van der Waals surface area contributed by atoms with Gasteiger partial charge in [0.15, 0.2) is 0 Å². The van der Waals surface area contributed by atoms with Crippen LogP contribution < -0.4 is 10.7 Å². The third-order valence-electron chi connectivity index (χ3n) is 3.37. The number of nitrogens with one attached hydrogen (secondary N) is 2. The van der Waals surface area contributed by atoms with Gasteiger partial charge in [0.05, 0.1) is 6.21 Å². The van der Waals surface area contributed by atoms with E-state index in [-0.39, 0.29) is 5.75 Å². The zero-order valence-electron chi connectivity index (χ0n) is 12.8. The van der Waals surface area contributed by atoms with Gasteiger partial charge in [-0.25, -0.2) is 5.43 Å². The molecule has 2 rings (SSSR count). The Morgan fingerprint density at radius 3 is 2.52 bits per heavy atom. The number of amides is 2. The maximum atomic E-state index is 11.8. The minimum Gasteiger partial charge on any atom is -0.507 e. The average molecular weight is 311 g/mol. The molecule has 0 saturated heterocycles. The van der Waals surface area contributed by atoms with Crippen molar-refractivity contribution in [1.82, 2.24) is 5.43 Å². The number of para-hydroxylation sites is 1. The molecule has 2 amide bonds. The van der Waals surface area contributed by atoms with E-state index in [1.54, 1.807) is 30.3 Å². The zero-order chi connectivity index (χ0) is 16.8. The maximum absolute atomic E-state index is 11.8. The molecule has 0 heterocycles. The molecule has 0 fully saturated rings. The van der Waals surface area contributed by atoms with Crippen molar-refractivity contribution < 1.29 is 14.7 Å². The molecular formula is C17H17N3O3. The van der Waals surface area contributed by atoms with Gasteiger partial charge in [0.2, 0.25) is 0 Å². The third kappa shape index (κ3) is 4.16. The first-order chi connectivity index (χ1) is 11.0. The van der Waals surface area contributed by atoms with Crippen molar-refractivity contribution in [3.8, 4) is 5.75 Å². The second kappa shape index (κ2) is 7.22. The SMILES string of the molecule is Cc1cccc(NC(=O)C(=O)NN=Cc2ccccc2O)c1C. The Hall–Kier alpha value is -3.15. The molecule has 2 aromatic rings. The number of benzene rings is 2.